The van der Waals surface area contributed by atoms with E-state index >= 15 is 0 Å². The van der Waals surface area contributed by atoms with Crippen molar-refractivity contribution in [3.05, 3.63) is 48.1 Å². The third-order valence-electron chi connectivity index (χ3n) is 5.09. The van der Waals surface area contributed by atoms with Crippen molar-refractivity contribution >= 4 is 7.12 Å². The summed E-state index contributed by atoms with van der Waals surface area (Å²) in [5, 5.41) is 4.58. The van der Waals surface area contributed by atoms with Gasteiger partial charge in [-0.2, -0.15) is 5.10 Å². The van der Waals surface area contributed by atoms with Crippen LogP contribution in [-0.4, -0.2) is 33.1 Å². The predicted molar refractivity (Wildman–Crippen MR) is 100 cm³/mol. The predicted octanol–water partition coefficient (Wildman–Crippen LogP) is 3.99. The van der Waals surface area contributed by atoms with Gasteiger partial charge in [0.25, 0.3) is 0 Å². The van der Waals surface area contributed by atoms with Crippen LogP contribution in [0.4, 0.5) is 4.39 Å². The van der Waals surface area contributed by atoms with Crippen LogP contribution in [0.1, 0.15) is 40.2 Å². The van der Waals surface area contributed by atoms with Gasteiger partial charge in [-0.3, -0.25) is 9.67 Å². The lowest BCUT2D eigenvalue weighted by molar-refractivity contribution is 0.00578. The van der Waals surface area contributed by atoms with Crippen LogP contribution in [0, 0.1) is 0 Å². The van der Waals surface area contributed by atoms with E-state index in [4.69, 9.17) is 9.31 Å². The summed E-state index contributed by atoms with van der Waals surface area (Å²) in [5.41, 5.74) is 1.14. The lowest BCUT2D eigenvalue weighted by atomic mass is 9.87. The monoisotopic (exact) mass is 357 g/mol. The molecule has 1 saturated heterocycles. The number of aromatic nitrogens is 3. The maximum absolute atomic E-state index is 14.7. The van der Waals surface area contributed by atoms with Gasteiger partial charge in [-0.1, -0.05) is 6.08 Å². The first-order valence-corrected chi connectivity index (χ1v) is 8.91. The molecular weight excluding hydrogens is 332 g/mol. The third-order valence-corrected chi connectivity index (χ3v) is 5.09. The van der Waals surface area contributed by atoms with Crippen molar-refractivity contribution in [1.82, 2.24) is 14.8 Å². The van der Waals surface area contributed by atoms with E-state index in [2.05, 4.69) is 10.1 Å². The van der Waals surface area contributed by atoms with E-state index in [-0.39, 0.29) is 0 Å². The first-order valence-electron chi connectivity index (χ1n) is 8.91. The van der Waals surface area contributed by atoms with Crippen LogP contribution in [0.5, 0.6) is 0 Å². The molecule has 26 heavy (non-hydrogen) atoms. The SMILES string of the molecule is CCn1cc(CC=C(F)B2OC(C)(C)C(C)(C)O2)c(-c2cccnc2)n1. The second kappa shape index (κ2) is 6.97. The first kappa shape index (κ1) is 18.8. The Morgan fingerprint density at radius 2 is 1.96 bits per heavy atom. The molecule has 0 saturated carbocycles. The molecule has 0 N–H and O–H groups in total. The first-order chi connectivity index (χ1) is 12.2. The van der Waals surface area contributed by atoms with Gasteiger partial charge in [0.05, 0.1) is 16.9 Å². The van der Waals surface area contributed by atoms with Crippen LogP contribution >= 0.6 is 0 Å². The van der Waals surface area contributed by atoms with Crippen molar-refractivity contribution in [2.45, 2.75) is 58.8 Å². The summed E-state index contributed by atoms with van der Waals surface area (Å²) in [6.45, 7) is 10.4. The zero-order valence-corrected chi connectivity index (χ0v) is 16.0. The van der Waals surface area contributed by atoms with Gasteiger partial charge in [0, 0.05) is 36.3 Å². The molecule has 0 bridgehead atoms. The maximum atomic E-state index is 14.7. The fourth-order valence-corrected chi connectivity index (χ4v) is 2.78. The Hall–Kier alpha value is -1.99. The normalized spacial score (nSPS) is 19.2. The highest BCUT2D eigenvalue weighted by atomic mass is 19.1. The molecule has 2 aromatic rings. The molecule has 1 fully saturated rings. The minimum atomic E-state index is -0.969. The molecule has 138 valence electrons. The van der Waals surface area contributed by atoms with Gasteiger partial charge >= 0.3 is 7.12 Å². The van der Waals surface area contributed by atoms with E-state index < -0.39 is 24.0 Å². The van der Waals surface area contributed by atoms with Gasteiger partial charge in [0.1, 0.15) is 5.73 Å². The van der Waals surface area contributed by atoms with Crippen molar-refractivity contribution in [3.63, 3.8) is 0 Å². The van der Waals surface area contributed by atoms with Gasteiger partial charge < -0.3 is 9.31 Å². The number of nitrogens with zero attached hydrogens (tertiary/aromatic N) is 3. The van der Waals surface area contributed by atoms with Gasteiger partial charge in [0.15, 0.2) is 0 Å². The topological polar surface area (TPSA) is 49.2 Å². The van der Waals surface area contributed by atoms with Crippen molar-refractivity contribution in [3.8, 4) is 11.3 Å². The average Bonchev–Trinajstić information content (AvgIpc) is 3.11. The number of aryl methyl sites for hydroxylation is 1. The number of rotatable bonds is 5. The Balaban J connectivity index is 1.81. The number of hydrogen-bond acceptors (Lipinski definition) is 4. The van der Waals surface area contributed by atoms with E-state index in [1.54, 1.807) is 12.4 Å². The Bertz CT molecular complexity index is 786. The molecule has 0 amide bonds. The maximum Gasteiger partial charge on any atom is 0.524 e. The summed E-state index contributed by atoms with van der Waals surface area (Å²) in [5.74, 6) is 0. The quantitative estimate of drug-likeness (QED) is 0.760. The molecule has 0 aliphatic carbocycles. The highest BCUT2D eigenvalue weighted by Crippen LogP contribution is 2.38. The van der Waals surface area contributed by atoms with E-state index in [0.29, 0.717) is 6.42 Å². The van der Waals surface area contributed by atoms with Crippen molar-refractivity contribution < 1.29 is 13.7 Å². The lowest BCUT2D eigenvalue weighted by Gasteiger charge is -2.32. The lowest BCUT2D eigenvalue weighted by Crippen LogP contribution is -2.41. The van der Waals surface area contributed by atoms with Crippen LogP contribution in [0.3, 0.4) is 0 Å². The van der Waals surface area contributed by atoms with Crippen LogP contribution < -0.4 is 0 Å². The summed E-state index contributed by atoms with van der Waals surface area (Å²) in [4.78, 5) is 4.15. The fourth-order valence-electron chi connectivity index (χ4n) is 2.78. The summed E-state index contributed by atoms with van der Waals surface area (Å²) in [6, 6.07) is 3.82. The second-order valence-corrected chi connectivity index (χ2v) is 7.48. The van der Waals surface area contributed by atoms with E-state index in [9.17, 15) is 4.39 Å². The Kier molecular flexibility index (Phi) is 5.04. The minimum Gasteiger partial charge on any atom is -0.398 e. The van der Waals surface area contributed by atoms with Crippen LogP contribution in [0.15, 0.2) is 42.5 Å². The van der Waals surface area contributed by atoms with E-state index in [0.717, 1.165) is 23.4 Å². The Labute approximate surface area is 154 Å². The molecule has 0 aromatic carbocycles. The molecule has 0 spiro atoms. The fraction of sp³-hybridized carbons (Fsp3) is 0.474. The summed E-state index contributed by atoms with van der Waals surface area (Å²) >= 11 is 0. The molecule has 0 unspecified atom stereocenters. The highest BCUT2D eigenvalue weighted by molar-refractivity contribution is 6.53. The molecule has 0 radical (unpaired) electrons. The number of hydrogen-bond donors (Lipinski definition) is 0. The molecule has 2 aromatic heterocycles. The third kappa shape index (κ3) is 3.59. The minimum absolute atomic E-state index is 0.403. The number of halogens is 1. The molecule has 3 heterocycles. The average molecular weight is 357 g/mol. The number of allylic oxidation sites excluding steroid dienone is 1. The van der Waals surface area contributed by atoms with Crippen molar-refractivity contribution in [2.24, 2.45) is 0 Å². The van der Waals surface area contributed by atoms with Crippen molar-refractivity contribution in [2.75, 3.05) is 0 Å². The number of pyridine rings is 1. The van der Waals surface area contributed by atoms with Crippen LogP contribution in [0.25, 0.3) is 11.3 Å². The van der Waals surface area contributed by atoms with Gasteiger partial charge in [-0.15, -0.1) is 0 Å². The largest absolute Gasteiger partial charge is 0.524 e. The summed E-state index contributed by atoms with van der Waals surface area (Å²) in [6.07, 6.45) is 7.34. The molecule has 7 heteroatoms. The second-order valence-electron chi connectivity index (χ2n) is 7.48. The standard InChI is InChI=1S/C19H25BFN3O2/c1-6-24-13-15(17(23-24)14-8-7-11-22-12-14)9-10-16(21)20-25-18(2,3)19(4,5)26-20/h7-8,10-13H,6,9H2,1-5H3. The van der Waals surface area contributed by atoms with Crippen LogP contribution in [-0.2, 0) is 22.3 Å². The summed E-state index contributed by atoms with van der Waals surface area (Å²) in [7, 11) is -0.969. The van der Waals surface area contributed by atoms with Gasteiger partial charge in [-0.25, -0.2) is 4.39 Å². The van der Waals surface area contributed by atoms with Crippen molar-refractivity contribution in [1.29, 1.82) is 0 Å². The molecule has 0 atom stereocenters. The zero-order chi connectivity index (χ0) is 18.9. The summed E-state index contributed by atoms with van der Waals surface area (Å²) < 4.78 is 28.0. The molecule has 1 aliphatic heterocycles. The zero-order valence-electron chi connectivity index (χ0n) is 16.0. The van der Waals surface area contributed by atoms with Gasteiger partial charge in [-0.05, 0) is 53.2 Å². The molecular formula is C19H25BFN3O2. The van der Waals surface area contributed by atoms with Crippen LogP contribution in [0.2, 0.25) is 0 Å². The Morgan fingerprint density at radius 1 is 1.27 bits per heavy atom. The molecule has 5 nitrogen and oxygen atoms in total. The Morgan fingerprint density at radius 3 is 2.54 bits per heavy atom. The van der Waals surface area contributed by atoms with Gasteiger partial charge in [0.2, 0.25) is 0 Å². The van der Waals surface area contributed by atoms with E-state index in [1.165, 1.54) is 6.08 Å². The smallest absolute Gasteiger partial charge is 0.398 e. The molecule has 3 rings (SSSR count). The molecule has 1 aliphatic rings. The highest BCUT2D eigenvalue weighted by Gasteiger charge is 2.52. The van der Waals surface area contributed by atoms with E-state index in [1.807, 2.05) is 57.6 Å².